The van der Waals surface area contributed by atoms with E-state index >= 15 is 0 Å². The molecule has 1 aromatic carbocycles. The Morgan fingerprint density at radius 2 is 2.26 bits per heavy atom. The number of rotatable bonds is 4. The molecular weight excluding hydrogens is 426 g/mol. The maximum absolute atomic E-state index is 13.8. The van der Waals surface area contributed by atoms with Crippen molar-refractivity contribution in [3.05, 3.63) is 35.1 Å². The van der Waals surface area contributed by atoms with Crippen molar-refractivity contribution in [1.82, 2.24) is 10.6 Å². The number of hydrogen-bond acceptors (Lipinski definition) is 3. The minimum Gasteiger partial charge on any atom is -0.354 e. The number of nitrogens with zero attached hydrogens (tertiary/aromatic N) is 2. The number of benzene rings is 1. The van der Waals surface area contributed by atoms with Crippen LogP contribution in [0.15, 0.2) is 23.2 Å². The molecule has 0 heterocycles. The Balaban J connectivity index is 0.00000264. The first kappa shape index (κ1) is 20.0. The van der Waals surface area contributed by atoms with Gasteiger partial charge in [0.25, 0.3) is 0 Å². The van der Waals surface area contributed by atoms with Crippen LogP contribution in [0.2, 0.25) is 0 Å². The standard InChI is InChI=1S/C16H21FN4S.HI/c1-19-16(21-13-5-6-14(8-13)22-2)20-10-12-4-3-11(9-18)7-15(12)17;/h3-4,7,13-14H,5-6,8,10H2,1-2H3,(H2,19,20,21);1H. The van der Waals surface area contributed by atoms with E-state index in [0.717, 1.165) is 12.8 Å². The lowest BCUT2D eigenvalue weighted by Crippen LogP contribution is -2.42. The van der Waals surface area contributed by atoms with Gasteiger partial charge >= 0.3 is 0 Å². The Bertz CT molecular complexity index is 588. The zero-order chi connectivity index (χ0) is 15.9. The number of hydrogen-bond donors (Lipinski definition) is 2. The van der Waals surface area contributed by atoms with Gasteiger partial charge in [0, 0.05) is 30.4 Å². The van der Waals surface area contributed by atoms with Gasteiger partial charge in [-0.15, -0.1) is 24.0 Å². The van der Waals surface area contributed by atoms with Crippen LogP contribution >= 0.6 is 35.7 Å². The highest BCUT2D eigenvalue weighted by Crippen LogP contribution is 2.28. The molecule has 7 heteroatoms. The smallest absolute Gasteiger partial charge is 0.191 e. The molecule has 4 nitrogen and oxygen atoms in total. The molecule has 0 spiro atoms. The zero-order valence-electron chi connectivity index (χ0n) is 13.3. The van der Waals surface area contributed by atoms with Crippen molar-refractivity contribution in [3.8, 4) is 6.07 Å². The van der Waals surface area contributed by atoms with E-state index < -0.39 is 0 Å². The van der Waals surface area contributed by atoms with Crippen LogP contribution in [-0.4, -0.2) is 30.6 Å². The summed E-state index contributed by atoms with van der Waals surface area (Å²) >= 11 is 1.91. The van der Waals surface area contributed by atoms with Crippen LogP contribution in [0.5, 0.6) is 0 Å². The van der Waals surface area contributed by atoms with Gasteiger partial charge in [-0.25, -0.2) is 4.39 Å². The van der Waals surface area contributed by atoms with Crippen LogP contribution in [0.1, 0.15) is 30.4 Å². The summed E-state index contributed by atoms with van der Waals surface area (Å²) in [5.41, 5.74) is 0.855. The van der Waals surface area contributed by atoms with Crippen molar-refractivity contribution >= 4 is 41.7 Å². The van der Waals surface area contributed by atoms with Crippen LogP contribution in [0.25, 0.3) is 0 Å². The van der Waals surface area contributed by atoms with Gasteiger partial charge in [-0.05, 0) is 37.7 Å². The highest BCUT2D eigenvalue weighted by Gasteiger charge is 2.24. The monoisotopic (exact) mass is 448 g/mol. The molecule has 2 N–H and O–H groups in total. The molecule has 1 saturated carbocycles. The molecule has 1 aliphatic rings. The number of aliphatic imine (C=N–C) groups is 1. The van der Waals surface area contributed by atoms with Gasteiger partial charge in [-0.1, -0.05) is 6.07 Å². The lowest BCUT2D eigenvalue weighted by molar-refractivity contribution is 0.594. The van der Waals surface area contributed by atoms with Crippen LogP contribution in [0, 0.1) is 17.1 Å². The average molecular weight is 448 g/mol. The quantitative estimate of drug-likeness (QED) is 0.422. The van der Waals surface area contributed by atoms with Gasteiger partial charge in [0.1, 0.15) is 5.82 Å². The van der Waals surface area contributed by atoms with E-state index in [4.69, 9.17) is 5.26 Å². The van der Waals surface area contributed by atoms with E-state index in [9.17, 15) is 4.39 Å². The first-order valence-electron chi connectivity index (χ1n) is 7.34. The predicted octanol–water partition coefficient (Wildman–Crippen LogP) is 3.26. The molecule has 126 valence electrons. The fraction of sp³-hybridized carbons (Fsp3) is 0.500. The molecule has 0 bridgehead atoms. The minimum atomic E-state index is -0.370. The number of halogens is 2. The second kappa shape index (κ2) is 9.98. The van der Waals surface area contributed by atoms with Gasteiger partial charge in [0.05, 0.1) is 11.6 Å². The molecule has 2 unspecified atom stereocenters. The van der Waals surface area contributed by atoms with Crippen LogP contribution in [0.4, 0.5) is 4.39 Å². The van der Waals surface area contributed by atoms with Gasteiger partial charge in [-0.3, -0.25) is 4.99 Å². The third-order valence-electron chi connectivity index (χ3n) is 3.91. The molecule has 0 amide bonds. The first-order chi connectivity index (χ1) is 10.7. The molecule has 0 saturated heterocycles. The summed E-state index contributed by atoms with van der Waals surface area (Å²) in [7, 11) is 1.71. The van der Waals surface area contributed by atoms with E-state index in [1.807, 2.05) is 17.8 Å². The van der Waals surface area contributed by atoms with E-state index in [2.05, 4.69) is 21.9 Å². The Labute approximate surface area is 158 Å². The normalized spacial score (nSPS) is 20.5. The number of guanidine groups is 1. The molecular formula is C16H22FIN4S. The molecule has 23 heavy (non-hydrogen) atoms. The SMILES string of the molecule is CN=C(NCc1ccc(C#N)cc1F)NC1CCC(SC)C1.I. The van der Waals surface area contributed by atoms with Crippen molar-refractivity contribution in [2.45, 2.75) is 37.1 Å². The molecule has 1 aromatic rings. The summed E-state index contributed by atoms with van der Waals surface area (Å²) < 4.78 is 13.8. The number of thioether (sulfide) groups is 1. The Kier molecular flexibility index (Phi) is 8.69. The maximum Gasteiger partial charge on any atom is 0.191 e. The average Bonchev–Trinajstić information content (AvgIpc) is 2.99. The van der Waals surface area contributed by atoms with E-state index in [1.54, 1.807) is 19.2 Å². The highest BCUT2D eigenvalue weighted by atomic mass is 127. The predicted molar refractivity (Wildman–Crippen MR) is 105 cm³/mol. The third-order valence-corrected chi connectivity index (χ3v) is 5.01. The summed E-state index contributed by atoms with van der Waals surface area (Å²) in [4.78, 5) is 4.19. The second-order valence-corrected chi connectivity index (χ2v) is 6.49. The van der Waals surface area contributed by atoms with Crippen molar-refractivity contribution in [3.63, 3.8) is 0 Å². The third kappa shape index (κ3) is 5.84. The largest absolute Gasteiger partial charge is 0.354 e. The molecule has 1 fully saturated rings. The second-order valence-electron chi connectivity index (χ2n) is 5.36. The summed E-state index contributed by atoms with van der Waals surface area (Å²) in [6, 6.07) is 6.87. The minimum absolute atomic E-state index is 0. The van der Waals surface area contributed by atoms with Crippen molar-refractivity contribution in [1.29, 1.82) is 5.26 Å². The molecule has 0 aromatic heterocycles. The molecule has 2 atom stereocenters. The van der Waals surface area contributed by atoms with Gasteiger partial charge in [-0.2, -0.15) is 17.0 Å². The molecule has 0 radical (unpaired) electrons. The van der Waals surface area contributed by atoms with Gasteiger partial charge in [0.15, 0.2) is 5.96 Å². The van der Waals surface area contributed by atoms with Gasteiger partial charge < -0.3 is 10.6 Å². The Hall–Kier alpha value is -1.01. The van der Waals surface area contributed by atoms with E-state index in [0.29, 0.717) is 34.9 Å². The molecule has 2 rings (SSSR count). The van der Waals surface area contributed by atoms with Crippen molar-refractivity contribution in [2.75, 3.05) is 13.3 Å². The first-order valence-corrected chi connectivity index (χ1v) is 8.63. The summed E-state index contributed by atoms with van der Waals surface area (Å²) in [6.45, 7) is 0.343. The topological polar surface area (TPSA) is 60.2 Å². The van der Waals surface area contributed by atoms with Crippen LogP contribution in [-0.2, 0) is 6.54 Å². The summed E-state index contributed by atoms with van der Waals surface area (Å²) in [5.74, 6) is 0.320. The fourth-order valence-corrected chi connectivity index (χ4v) is 3.41. The van der Waals surface area contributed by atoms with E-state index in [1.165, 1.54) is 12.5 Å². The molecule has 0 aliphatic heterocycles. The van der Waals surface area contributed by atoms with Crippen molar-refractivity contribution in [2.24, 2.45) is 4.99 Å². The zero-order valence-corrected chi connectivity index (χ0v) is 16.5. The summed E-state index contributed by atoms with van der Waals surface area (Å²) in [5, 5.41) is 16.0. The maximum atomic E-state index is 13.8. The molecule has 1 aliphatic carbocycles. The number of nitrogens with one attached hydrogen (secondary N) is 2. The van der Waals surface area contributed by atoms with Crippen molar-refractivity contribution < 1.29 is 4.39 Å². The number of nitriles is 1. The fourth-order valence-electron chi connectivity index (χ4n) is 2.61. The van der Waals surface area contributed by atoms with Crippen LogP contribution < -0.4 is 10.6 Å². The van der Waals surface area contributed by atoms with E-state index in [-0.39, 0.29) is 29.8 Å². The summed E-state index contributed by atoms with van der Waals surface area (Å²) in [6.07, 6.45) is 5.64. The lowest BCUT2D eigenvalue weighted by Gasteiger charge is -2.17. The lowest BCUT2D eigenvalue weighted by atomic mass is 10.1. The Morgan fingerprint density at radius 1 is 1.48 bits per heavy atom. The van der Waals surface area contributed by atoms with Gasteiger partial charge in [0.2, 0.25) is 0 Å². The highest BCUT2D eigenvalue weighted by molar-refractivity contribution is 14.0. The Morgan fingerprint density at radius 3 is 2.83 bits per heavy atom. The van der Waals surface area contributed by atoms with Crippen LogP contribution in [0.3, 0.4) is 0 Å².